The van der Waals surface area contributed by atoms with Gasteiger partial charge in [0.1, 0.15) is 17.9 Å². The zero-order valence-electron chi connectivity index (χ0n) is 13.0. The number of esters is 1. The quantitative estimate of drug-likeness (QED) is 0.455. The third kappa shape index (κ3) is 3.43. The van der Waals surface area contributed by atoms with E-state index in [0.717, 1.165) is 6.07 Å². The zero-order chi connectivity index (χ0) is 18.0. The predicted octanol–water partition coefficient (Wildman–Crippen LogP) is 3.34. The molecule has 3 rings (SSSR count). The van der Waals surface area contributed by atoms with Gasteiger partial charge in [-0.05, 0) is 18.2 Å². The lowest BCUT2D eigenvalue weighted by Crippen LogP contribution is -2.09. The van der Waals surface area contributed by atoms with E-state index in [9.17, 15) is 14.9 Å². The number of nitro groups is 1. The average molecular weight is 366 g/mol. The third-order valence-electron chi connectivity index (χ3n) is 3.51. The molecule has 9 heteroatoms. The molecule has 0 radical (unpaired) electrons. The van der Waals surface area contributed by atoms with E-state index in [1.165, 1.54) is 13.2 Å². The number of carbonyl (C=O) groups is 1. The van der Waals surface area contributed by atoms with Crippen molar-refractivity contribution in [3.63, 3.8) is 0 Å². The highest BCUT2D eigenvalue weighted by molar-refractivity contribution is 6.30. The normalized spacial score (nSPS) is 11.9. The molecule has 1 heterocycles. The van der Waals surface area contributed by atoms with Crippen LogP contribution in [0.15, 0.2) is 30.3 Å². The van der Waals surface area contributed by atoms with Crippen LogP contribution in [0.2, 0.25) is 5.02 Å². The van der Waals surface area contributed by atoms with Crippen molar-refractivity contribution in [1.82, 2.24) is 0 Å². The van der Waals surface area contributed by atoms with Gasteiger partial charge in [-0.3, -0.25) is 10.1 Å². The standard InChI is InChI=1S/C16H12ClNO7/c1-22-13-3-2-10(17)4-9(13)7-23-16(19)11-5-14-15(25-8-24-14)6-12(11)18(20)21/h2-6H,7-8H2,1H3. The lowest BCUT2D eigenvalue weighted by Gasteiger charge is -2.10. The van der Waals surface area contributed by atoms with E-state index in [1.54, 1.807) is 18.2 Å². The molecule has 1 aliphatic heterocycles. The van der Waals surface area contributed by atoms with Crippen LogP contribution in [0.3, 0.4) is 0 Å². The van der Waals surface area contributed by atoms with Crippen LogP contribution in [0.4, 0.5) is 5.69 Å². The van der Waals surface area contributed by atoms with Crippen LogP contribution in [-0.2, 0) is 11.3 Å². The van der Waals surface area contributed by atoms with Crippen molar-refractivity contribution in [3.8, 4) is 17.2 Å². The maximum atomic E-state index is 12.3. The van der Waals surface area contributed by atoms with Gasteiger partial charge in [0.25, 0.3) is 5.69 Å². The number of nitrogens with zero attached hydrogens (tertiary/aromatic N) is 1. The van der Waals surface area contributed by atoms with Gasteiger partial charge in [-0.25, -0.2) is 4.79 Å². The molecule has 8 nitrogen and oxygen atoms in total. The Morgan fingerprint density at radius 3 is 2.68 bits per heavy atom. The molecule has 0 aromatic heterocycles. The molecule has 0 unspecified atom stereocenters. The Kier molecular flexibility index (Phi) is 4.62. The van der Waals surface area contributed by atoms with Gasteiger partial charge in [0.05, 0.1) is 18.1 Å². The Morgan fingerprint density at radius 2 is 2.00 bits per heavy atom. The summed E-state index contributed by atoms with van der Waals surface area (Å²) in [4.78, 5) is 22.9. The van der Waals surface area contributed by atoms with Crippen molar-refractivity contribution in [2.24, 2.45) is 0 Å². The van der Waals surface area contributed by atoms with Crippen LogP contribution >= 0.6 is 11.6 Å². The van der Waals surface area contributed by atoms with E-state index in [0.29, 0.717) is 16.3 Å². The van der Waals surface area contributed by atoms with Crippen molar-refractivity contribution in [2.75, 3.05) is 13.9 Å². The molecule has 0 saturated carbocycles. The lowest BCUT2D eigenvalue weighted by molar-refractivity contribution is -0.385. The minimum Gasteiger partial charge on any atom is -0.496 e. The van der Waals surface area contributed by atoms with E-state index >= 15 is 0 Å². The maximum Gasteiger partial charge on any atom is 0.345 e. The minimum absolute atomic E-state index is 0.0648. The Balaban J connectivity index is 1.84. The highest BCUT2D eigenvalue weighted by Crippen LogP contribution is 2.38. The van der Waals surface area contributed by atoms with E-state index in [1.807, 2.05) is 0 Å². The number of nitro benzene ring substituents is 1. The molecule has 0 spiro atoms. The van der Waals surface area contributed by atoms with Crippen LogP contribution in [-0.4, -0.2) is 24.8 Å². The van der Waals surface area contributed by atoms with Crippen LogP contribution in [0.25, 0.3) is 0 Å². The molecule has 2 aromatic carbocycles. The van der Waals surface area contributed by atoms with Crippen LogP contribution in [0.5, 0.6) is 17.2 Å². The van der Waals surface area contributed by atoms with Gasteiger partial charge in [-0.15, -0.1) is 0 Å². The maximum absolute atomic E-state index is 12.3. The van der Waals surface area contributed by atoms with Gasteiger partial charge >= 0.3 is 5.97 Å². The Bertz CT molecular complexity index is 853. The van der Waals surface area contributed by atoms with Gasteiger partial charge < -0.3 is 18.9 Å². The number of methoxy groups -OCH3 is 1. The minimum atomic E-state index is -0.868. The summed E-state index contributed by atoms with van der Waals surface area (Å²) < 4.78 is 20.6. The van der Waals surface area contributed by atoms with Crippen molar-refractivity contribution in [1.29, 1.82) is 0 Å². The summed E-state index contributed by atoms with van der Waals surface area (Å²) in [6.45, 7) is -0.223. The number of carbonyl (C=O) groups excluding carboxylic acids is 1. The number of ether oxygens (including phenoxy) is 4. The Morgan fingerprint density at radius 1 is 1.28 bits per heavy atom. The Labute approximate surface area is 147 Å². The first kappa shape index (κ1) is 16.8. The lowest BCUT2D eigenvalue weighted by atomic mass is 10.1. The fourth-order valence-electron chi connectivity index (χ4n) is 2.33. The first-order chi connectivity index (χ1) is 12.0. The van der Waals surface area contributed by atoms with Gasteiger partial charge in [0.15, 0.2) is 11.5 Å². The van der Waals surface area contributed by atoms with Crippen LogP contribution in [0.1, 0.15) is 15.9 Å². The third-order valence-corrected chi connectivity index (χ3v) is 3.74. The molecule has 0 saturated heterocycles. The van der Waals surface area contributed by atoms with Crippen molar-refractivity contribution in [3.05, 3.63) is 56.6 Å². The molecule has 25 heavy (non-hydrogen) atoms. The second-order valence-electron chi connectivity index (χ2n) is 5.01. The number of halogens is 1. The summed E-state index contributed by atoms with van der Waals surface area (Å²) in [6.07, 6.45) is 0. The van der Waals surface area contributed by atoms with E-state index < -0.39 is 16.6 Å². The van der Waals surface area contributed by atoms with E-state index in [2.05, 4.69) is 0 Å². The fraction of sp³-hybridized carbons (Fsp3) is 0.188. The van der Waals surface area contributed by atoms with E-state index in [-0.39, 0.29) is 30.5 Å². The molecule has 0 bridgehead atoms. The second kappa shape index (κ2) is 6.86. The van der Waals surface area contributed by atoms with E-state index in [4.69, 9.17) is 30.5 Å². The number of rotatable bonds is 5. The summed E-state index contributed by atoms with van der Waals surface area (Å²) in [5, 5.41) is 11.7. The number of hydrogen-bond acceptors (Lipinski definition) is 7. The Hall–Kier alpha value is -3.00. The van der Waals surface area contributed by atoms with Crippen molar-refractivity contribution >= 4 is 23.3 Å². The molecular formula is C16H12ClNO7. The average Bonchev–Trinajstić information content (AvgIpc) is 3.06. The summed E-state index contributed by atoms with van der Waals surface area (Å²) in [5.41, 5.74) is -0.116. The van der Waals surface area contributed by atoms with Gasteiger partial charge in [0.2, 0.25) is 6.79 Å². The largest absolute Gasteiger partial charge is 0.496 e. The molecule has 2 aromatic rings. The molecule has 0 amide bonds. The van der Waals surface area contributed by atoms with Crippen LogP contribution < -0.4 is 14.2 Å². The van der Waals surface area contributed by atoms with Crippen molar-refractivity contribution in [2.45, 2.75) is 6.61 Å². The monoisotopic (exact) mass is 365 g/mol. The molecule has 130 valence electrons. The highest BCUT2D eigenvalue weighted by Gasteiger charge is 2.28. The molecule has 0 N–H and O–H groups in total. The van der Waals surface area contributed by atoms with Crippen LogP contribution in [0, 0.1) is 10.1 Å². The number of hydrogen-bond donors (Lipinski definition) is 0. The summed E-state index contributed by atoms with van der Waals surface area (Å²) in [7, 11) is 1.47. The zero-order valence-corrected chi connectivity index (χ0v) is 13.7. The second-order valence-corrected chi connectivity index (χ2v) is 5.45. The first-order valence-electron chi connectivity index (χ1n) is 7.07. The summed E-state index contributed by atoms with van der Waals surface area (Å²) in [5.74, 6) is 0.0714. The number of benzene rings is 2. The smallest absolute Gasteiger partial charge is 0.345 e. The van der Waals surface area contributed by atoms with Gasteiger partial charge in [0, 0.05) is 16.7 Å². The topological polar surface area (TPSA) is 97.1 Å². The molecule has 0 fully saturated rings. The van der Waals surface area contributed by atoms with Gasteiger partial charge in [-0.2, -0.15) is 0 Å². The molecular weight excluding hydrogens is 354 g/mol. The number of fused-ring (bicyclic) bond motifs is 1. The fourth-order valence-corrected chi connectivity index (χ4v) is 2.52. The summed E-state index contributed by atoms with van der Waals surface area (Å²) in [6, 6.07) is 7.22. The van der Waals surface area contributed by atoms with Gasteiger partial charge in [-0.1, -0.05) is 11.6 Å². The molecule has 1 aliphatic rings. The molecule has 0 atom stereocenters. The SMILES string of the molecule is COc1ccc(Cl)cc1COC(=O)c1cc2c(cc1[N+](=O)[O-])OCO2. The van der Waals surface area contributed by atoms with Crippen molar-refractivity contribution < 1.29 is 28.7 Å². The molecule has 0 aliphatic carbocycles. The highest BCUT2D eigenvalue weighted by atomic mass is 35.5. The summed E-state index contributed by atoms with van der Waals surface area (Å²) >= 11 is 5.92. The first-order valence-corrected chi connectivity index (χ1v) is 7.45. The predicted molar refractivity (Wildman–Crippen MR) is 86.3 cm³/mol.